The van der Waals surface area contributed by atoms with Crippen LogP contribution in [0.2, 0.25) is 0 Å². The maximum Gasteiger partial charge on any atom is 0.239 e. The Bertz CT molecular complexity index is 360. The fourth-order valence-electron chi connectivity index (χ4n) is 1.52. The zero-order valence-corrected chi connectivity index (χ0v) is 12.2. The third kappa shape index (κ3) is 4.64. The van der Waals surface area contributed by atoms with Gasteiger partial charge in [0.15, 0.2) is 0 Å². The van der Waals surface area contributed by atoms with Crippen LogP contribution in [0, 0.1) is 0 Å². The summed E-state index contributed by atoms with van der Waals surface area (Å²) in [4.78, 5) is 4.41. The zero-order chi connectivity index (χ0) is 13.4. The molecule has 0 radical (unpaired) electrons. The molecule has 1 atom stereocenters. The zero-order valence-electron chi connectivity index (χ0n) is 11.4. The average Bonchev–Trinajstić information content (AvgIpc) is 2.38. The van der Waals surface area contributed by atoms with Crippen molar-refractivity contribution < 1.29 is 4.74 Å². The highest BCUT2D eigenvalue weighted by molar-refractivity contribution is 7.98. The molecule has 0 fully saturated rings. The number of hydrogen-bond acceptors (Lipinski definition) is 5. The summed E-state index contributed by atoms with van der Waals surface area (Å²) in [6, 6.07) is 4.17. The maximum atomic E-state index is 5.83. The molecule has 0 saturated carbocycles. The van der Waals surface area contributed by atoms with Crippen molar-refractivity contribution in [1.29, 1.82) is 0 Å². The number of aromatic nitrogens is 1. The number of anilines is 2. The van der Waals surface area contributed by atoms with E-state index in [1.165, 1.54) is 0 Å². The van der Waals surface area contributed by atoms with Gasteiger partial charge in [0.05, 0.1) is 12.3 Å². The van der Waals surface area contributed by atoms with Gasteiger partial charge >= 0.3 is 0 Å². The molecule has 4 nitrogen and oxygen atoms in total. The van der Waals surface area contributed by atoms with Crippen molar-refractivity contribution in [1.82, 2.24) is 4.98 Å². The second-order valence-corrected chi connectivity index (χ2v) is 5.05. The molecule has 0 aromatic carbocycles. The van der Waals surface area contributed by atoms with Crippen LogP contribution in [0.1, 0.15) is 26.7 Å². The van der Waals surface area contributed by atoms with Gasteiger partial charge in [-0.2, -0.15) is 16.7 Å². The minimum absolute atomic E-state index is 0.426. The van der Waals surface area contributed by atoms with Crippen LogP contribution in [0.3, 0.4) is 0 Å². The van der Waals surface area contributed by atoms with Gasteiger partial charge in [-0.05, 0) is 31.2 Å². The molecule has 1 heterocycles. The molecular formula is C13H23N3OS. The summed E-state index contributed by atoms with van der Waals surface area (Å²) in [7, 11) is 0. The van der Waals surface area contributed by atoms with Crippen LogP contribution in [-0.4, -0.2) is 29.6 Å². The lowest BCUT2D eigenvalue weighted by molar-refractivity contribution is 0.307. The first-order valence-electron chi connectivity index (χ1n) is 6.36. The first kappa shape index (κ1) is 15.0. The summed E-state index contributed by atoms with van der Waals surface area (Å²) in [5.41, 5.74) is 6.42. The summed E-state index contributed by atoms with van der Waals surface area (Å²) in [5, 5.41) is 3.41. The number of hydrogen-bond donors (Lipinski definition) is 2. The second kappa shape index (κ2) is 8.08. The number of ether oxygens (including phenoxy) is 1. The molecule has 1 aromatic rings. The van der Waals surface area contributed by atoms with Crippen LogP contribution in [0.5, 0.6) is 5.88 Å². The van der Waals surface area contributed by atoms with E-state index < -0.39 is 0 Å². The summed E-state index contributed by atoms with van der Waals surface area (Å²) in [6.07, 6.45) is 4.12. The van der Waals surface area contributed by atoms with E-state index in [-0.39, 0.29) is 0 Å². The predicted octanol–water partition coefficient (Wildman–Crippen LogP) is 3.01. The Kier molecular flexibility index (Phi) is 6.72. The fourth-order valence-corrected chi connectivity index (χ4v) is 2.24. The predicted molar refractivity (Wildman–Crippen MR) is 80.5 cm³/mol. The van der Waals surface area contributed by atoms with Gasteiger partial charge in [0.25, 0.3) is 0 Å². The Hall–Kier alpha value is -1.10. The van der Waals surface area contributed by atoms with Gasteiger partial charge in [0.2, 0.25) is 5.88 Å². The van der Waals surface area contributed by atoms with E-state index in [1.807, 2.05) is 23.9 Å². The Balaban J connectivity index is 2.70. The Labute approximate surface area is 114 Å². The molecule has 1 unspecified atom stereocenters. The minimum Gasteiger partial charge on any atom is -0.476 e. The number of rotatable bonds is 8. The number of thioether (sulfide) groups is 1. The van der Waals surface area contributed by atoms with Gasteiger partial charge in [-0.25, -0.2) is 0 Å². The molecule has 18 heavy (non-hydrogen) atoms. The van der Waals surface area contributed by atoms with Crippen molar-refractivity contribution in [3.8, 4) is 5.88 Å². The lowest BCUT2D eigenvalue weighted by atomic mass is 10.2. The van der Waals surface area contributed by atoms with Crippen LogP contribution in [0.25, 0.3) is 0 Å². The fraction of sp³-hybridized carbons (Fsp3) is 0.615. The molecule has 0 saturated heterocycles. The number of nitrogens with zero attached hydrogens (tertiary/aromatic N) is 1. The van der Waals surface area contributed by atoms with Crippen LogP contribution < -0.4 is 15.8 Å². The first-order chi connectivity index (χ1) is 8.71. The van der Waals surface area contributed by atoms with Crippen molar-refractivity contribution in [2.45, 2.75) is 32.7 Å². The largest absolute Gasteiger partial charge is 0.476 e. The Morgan fingerprint density at radius 1 is 1.44 bits per heavy atom. The molecule has 5 heteroatoms. The maximum absolute atomic E-state index is 5.83. The van der Waals surface area contributed by atoms with Crippen molar-refractivity contribution in [3.05, 3.63) is 12.1 Å². The number of nitrogens with one attached hydrogen (secondary N) is 1. The summed E-state index contributed by atoms with van der Waals surface area (Å²) in [5.74, 6) is 2.42. The highest BCUT2D eigenvalue weighted by atomic mass is 32.2. The first-order valence-corrected chi connectivity index (χ1v) is 7.75. The molecular weight excluding hydrogens is 246 g/mol. The van der Waals surface area contributed by atoms with Crippen LogP contribution in [-0.2, 0) is 0 Å². The third-order valence-electron chi connectivity index (χ3n) is 2.55. The van der Waals surface area contributed by atoms with Gasteiger partial charge in [-0.15, -0.1) is 0 Å². The van der Waals surface area contributed by atoms with Gasteiger partial charge < -0.3 is 15.8 Å². The summed E-state index contributed by atoms with van der Waals surface area (Å²) >= 11 is 1.83. The van der Waals surface area contributed by atoms with E-state index >= 15 is 0 Å². The van der Waals surface area contributed by atoms with E-state index in [1.54, 1.807) is 0 Å². The molecule has 3 N–H and O–H groups in total. The lowest BCUT2D eigenvalue weighted by Gasteiger charge is -2.17. The Morgan fingerprint density at radius 3 is 2.83 bits per heavy atom. The van der Waals surface area contributed by atoms with Crippen LogP contribution in [0.15, 0.2) is 12.1 Å². The summed E-state index contributed by atoms with van der Waals surface area (Å²) < 4.78 is 5.52. The molecule has 102 valence electrons. The Morgan fingerprint density at radius 2 is 2.22 bits per heavy atom. The standard InChI is InChI=1S/C13H23N3OS/c1-4-8-17-13-11(14)6-7-12(16-13)15-10(5-2)9-18-3/h6-7,10H,4-5,8-9,14H2,1-3H3,(H,15,16). The monoisotopic (exact) mass is 269 g/mol. The third-order valence-corrected chi connectivity index (χ3v) is 3.28. The number of nitrogens with two attached hydrogens (primary N) is 1. The van der Waals surface area contributed by atoms with Crippen molar-refractivity contribution in [2.24, 2.45) is 0 Å². The van der Waals surface area contributed by atoms with Crippen molar-refractivity contribution in [2.75, 3.05) is 29.7 Å². The lowest BCUT2D eigenvalue weighted by Crippen LogP contribution is -2.22. The smallest absolute Gasteiger partial charge is 0.239 e. The van der Waals surface area contributed by atoms with E-state index in [4.69, 9.17) is 10.5 Å². The normalized spacial score (nSPS) is 12.2. The van der Waals surface area contributed by atoms with Gasteiger partial charge in [-0.3, -0.25) is 0 Å². The topological polar surface area (TPSA) is 60.2 Å². The SMILES string of the molecule is CCCOc1nc(NC(CC)CSC)ccc1N. The molecule has 0 aliphatic heterocycles. The van der Waals surface area contributed by atoms with Crippen LogP contribution >= 0.6 is 11.8 Å². The van der Waals surface area contributed by atoms with Gasteiger partial charge in [0, 0.05) is 11.8 Å². The average molecular weight is 269 g/mol. The van der Waals surface area contributed by atoms with E-state index in [0.717, 1.165) is 24.4 Å². The quantitative estimate of drug-likeness (QED) is 0.759. The van der Waals surface area contributed by atoms with Crippen molar-refractivity contribution >= 4 is 23.3 Å². The summed E-state index contributed by atoms with van der Waals surface area (Å²) in [6.45, 7) is 4.87. The molecule has 0 spiro atoms. The van der Waals surface area contributed by atoms with E-state index in [0.29, 0.717) is 24.2 Å². The highest BCUT2D eigenvalue weighted by Crippen LogP contribution is 2.22. The second-order valence-electron chi connectivity index (χ2n) is 4.14. The number of nitrogen functional groups attached to an aromatic ring is 1. The molecule has 0 bridgehead atoms. The van der Waals surface area contributed by atoms with E-state index in [2.05, 4.69) is 30.4 Å². The molecule has 1 rings (SSSR count). The van der Waals surface area contributed by atoms with Gasteiger partial charge in [-0.1, -0.05) is 13.8 Å². The molecule has 0 amide bonds. The van der Waals surface area contributed by atoms with E-state index in [9.17, 15) is 0 Å². The molecule has 0 aliphatic carbocycles. The van der Waals surface area contributed by atoms with Crippen LogP contribution in [0.4, 0.5) is 11.5 Å². The molecule has 0 aliphatic rings. The number of pyridine rings is 1. The molecule has 1 aromatic heterocycles. The minimum atomic E-state index is 0.426. The highest BCUT2D eigenvalue weighted by Gasteiger charge is 2.08. The van der Waals surface area contributed by atoms with Gasteiger partial charge in [0.1, 0.15) is 5.82 Å². The van der Waals surface area contributed by atoms with Crippen molar-refractivity contribution in [3.63, 3.8) is 0 Å².